The zero-order chi connectivity index (χ0) is 8.27. The smallest absolute Gasteiger partial charge is 0.343 e. The average Bonchev–Trinajstić information content (AvgIpc) is 2.05. The van der Waals surface area contributed by atoms with Gasteiger partial charge in [0.25, 0.3) is 0 Å². The number of hydrogen-bond donors (Lipinski definition) is 2. The number of hydrogen-bond acceptors (Lipinski definition) is 3. The van der Waals surface area contributed by atoms with E-state index in [1.54, 1.807) is 6.07 Å². The second kappa shape index (κ2) is 2.74. The summed E-state index contributed by atoms with van der Waals surface area (Å²) in [4.78, 5) is 10.3. The summed E-state index contributed by atoms with van der Waals surface area (Å²) in [5.74, 6) is -1.09. The Morgan fingerprint density at radius 1 is 1.82 bits per heavy atom. The third-order valence-corrected chi connectivity index (χ3v) is 1.09. The van der Waals surface area contributed by atoms with Crippen LogP contribution in [0, 0.1) is 11.3 Å². The second-order valence-corrected chi connectivity index (χ2v) is 1.82. The predicted octanol–water partition coefficient (Wildman–Crippen LogP) is 0.121. The summed E-state index contributed by atoms with van der Waals surface area (Å²) in [5, 5.41) is 19.3. The van der Waals surface area contributed by atoms with Gasteiger partial charge in [0, 0.05) is 6.20 Å². The van der Waals surface area contributed by atoms with Gasteiger partial charge in [-0.3, -0.25) is 0 Å². The molecule has 0 bridgehead atoms. The maximum atomic E-state index is 10.3. The van der Waals surface area contributed by atoms with Crippen LogP contribution in [0.2, 0.25) is 0 Å². The fraction of sp³-hybridized carbons (Fsp3) is 0. The maximum absolute atomic E-state index is 10.3. The molecular formula is C7H4N2O2. The van der Waals surface area contributed by atoms with Crippen LogP contribution >= 0.6 is 0 Å². The Morgan fingerprint density at radius 2 is 2.55 bits per heavy atom. The highest BCUT2D eigenvalue weighted by Crippen LogP contribution is 2.02. The molecule has 4 nitrogen and oxygen atoms in total. The number of carboxylic acids is 1. The van der Waals surface area contributed by atoms with E-state index >= 15 is 0 Å². The van der Waals surface area contributed by atoms with Gasteiger partial charge in [-0.15, -0.1) is 0 Å². The van der Waals surface area contributed by atoms with Crippen LogP contribution in [-0.4, -0.2) is 11.1 Å². The van der Waals surface area contributed by atoms with E-state index < -0.39 is 5.97 Å². The highest BCUT2D eigenvalue weighted by Gasteiger charge is 2.06. The third kappa shape index (κ3) is 1.48. The molecule has 1 rings (SSSR count). The van der Waals surface area contributed by atoms with Crippen LogP contribution in [-0.2, 0) is 4.79 Å². The first-order valence-electron chi connectivity index (χ1n) is 2.81. The van der Waals surface area contributed by atoms with Crippen LogP contribution in [0.3, 0.4) is 0 Å². The Labute approximate surface area is 62.8 Å². The molecule has 0 aromatic carbocycles. The number of rotatable bonds is 1. The summed E-state index contributed by atoms with van der Waals surface area (Å²) in [6.45, 7) is 0. The fourth-order valence-electron chi connectivity index (χ4n) is 0.607. The number of carbonyl (C=O) groups is 1. The minimum absolute atomic E-state index is 0.0136. The van der Waals surface area contributed by atoms with E-state index in [0.29, 0.717) is 0 Å². The number of nitriles is 1. The van der Waals surface area contributed by atoms with Gasteiger partial charge in [0.05, 0.1) is 0 Å². The highest BCUT2D eigenvalue weighted by molar-refractivity contribution is 5.90. The molecule has 0 aromatic rings. The summed E-state index contributed by atoms with van der Waals surface area (Å²) in [5.41, 5.74) is 2.63. The van der Waals surface area contributed by atoms with E-state index in [2.05, 4.69) is 11.0 Å². The quantitative estimate of drug-likeness (QED) is 0.518. The topological polar surface area (TPSA) is 73.1 Å². The first kappa shape index (κ1) is 7.13. The molecule has 0 saturated carbocycles. The molecule has 0 radical (unpaired) electrons. The van der Waals surface area contributed by atoms with Gasteiger partial charge in [-0.2, -0.15) is 5.26 Å². The van der Waals surface area contributed by atoms with Gasteiger partial charge in [0.15, 0.2) is 0 Å². The Hall–Kier alpha value is -1.98. The zero-order valence-electron chi connectivity index (χ0n) is 5.46. The van der Waals surface area contributed by atoms with E-state index in [1.807, 2.05) is 0 Å². The lowest BCUT2D eigenvalue weighted by Crippen LogP contribution is -2.09. The lowest BCUT2D eigenvalue weighted by molar-refractivity contribution is -0.132. The van der Waals surface area contributed by atoms with Crippen molar-refractivity contribution in [2.24, 2.45) is 0 Å². The van der Waals surface area contributed by atoms with Crippen molar-refractivity contribution in [2.45, 2.75) is 0 Å². The van der Waals surface area contributed by atoms with Crippen molar-refractivity contribution in [1.82, 2.24) is 5.32 Å². The van der Waals surface area contributed by atoms with Crippen molar-refractivity contribution < 1.29 is 9.90 Å². The molecule has 0 aromatic heterocycles. The molecule has 0 unspecified atom stereocenters. The molecule has 11 heavy (non-hydrogen) atoms. The van der Waals surface area contributed by atoms with Crippen LogP contribution in [0.1, 0.15) is 0 Å². The Bertz CT molecular complexity index is 327. The SMILES string of the molecule is N#CC1=CC(C(=O)O)=C=CN1. The first-order chi connectivity index (χ1) is 5.24. The second-order valence-electron chi connectivity index (χ2n) is 1.82. The third-order valence-electron chi connectivity index (χ3n) is 1.09. The molecule has 1 aliphatic heterocycles. The summed E-state index contributed by atoms with van der Waals surface area (Å²) < 4.78 is 0. The van der Waals surface area contributed by atoms with Crippen molar-refractivity contribution in [3.63, 3.8) is 0 Å². The molecule has 0 amide bonds. The number of allylic oxidation sites excluding steroid dienone is 1. The lowest BCUT2D eigenvalue weighted by Gasteiger charge is -2.00. The van der Waals surface area contributed by atoms with Crippen LogP contribution < -0.4 is 5.32 Å². The Morgan fingerprint density at radius 3 is 3.09 bits per heavy atom. The Kier molecular flexibility index (Phi) is 1.77. The molecule has 0 atom stereocenters. The van der Waals surface area contributed by atoms with Gasteiger partial charge in [-0.05, 0) is 6.08 Å². The van der Waals surface area contributed by atoms with Crippen LogP contribution in [0.15, 0.2) is 29.3 Å². The van der Waals surface area contributed by atoms with Crippen LogP contribution in [0.25, 0.3) is 0 Å². The molecule has 1 heterocycles. The molecule has 1 aliphatic rings. The summed E-state index contributed by atoms with van der Waals surface area (Å²) in [7, 11) is 0. The Balaban J connectivity index is 3.01. The molecule has 0 fully saturated rings. The number of nitrogens with zero attached hydrogens (tertiary/aromatic N) is 1. The summed E-state index contributed by atoms with van der Waals surface area (Å²) in [6, 6.07) is 1.78. The zero-order valence-corrected chi connectivity index (χ0v) is 5.46. The van der Waals surface area contributed by atoms with Crippen molar-refractivity contribution in [2.75, 3.05) is 0 Å². The van der Waals surface area contributed by atoms with Crippen LogP contribution in [0.4, 0.5) is 0 Å². The number of carboxylic acid groups (broad SMARTS) is 1. The van der Waals surface area contributed by atoms with E-state index in [-0.39, 0.29) is 11.3 Å². The minimum atomic E-state index is -1.09. The minimum Gasteiger partial charge on any atom is -0.477 e. The molecular weight excluding hydrogens is 144 g/mol. The standard InChI is InChI=1S/C7H4N2O2/c8-4-6-3-5(7(10)11)1-2-9-6/h2-3,9H,(H,10,11). The monoisotopic (exact) mass is 148 g/mol. The number of aliphatic carboxylic acids is 1. The molecule has 2 N–H and O–H groups in total. The van der Waals surface area contributed by atoms with E-state index in [9.17, 15) is 4.79 Å². The number of nitrogens with one attached hydrogen (secondary N) is 1. The lowest BCUT2D eigenvalue weighted by atomic mass is 10.2. The maximum Gasteiger partial charge on any atom is 0.343 e. The van der Waals surface area contributed by atoms with Crippen molar-refractivity contribution in [1.29, 1.82) is 5.26 Å². The van der Waals surface area contributed by atoms with Crippen LogP contribution in [0.5, 0.6) is 0 Å². The van der Waals surface area contributed by atoms with Crippen molar-refractivity contribution in [3.05, 3.63) is 29.3 Å². The van der Waals surface area contributed by atoms with Gasteiger partial charge < -0.3 is 10.4 Å². The van der Waals surface area contributed by atoms with Gasteiger partial charge in [-0.1, -0.05) is 5.73 Å². The van der Waals surface area contributed by atoms with Gasteiger partial charge in [0.1, 0.15) is 17.3 Å². The highest BCUT2D eigenvalue weighted by atomic mass is 16.4. The van der Waals surface area contributed by atoms with Gasteiger partial charge in [0.2, 0.25) is 0 Å². The largest absolute Gasteiger partial charge is 0.477 e. The summed E-state index contributed by atoms with van der Waals surface area (Å²) in [6.07, 6.45) is 2.52. The molecule has 54 valence electrons. The van der Waals surface area contributed by atoms with Crippen molar-refractivity contribution in [3.8, 4) is 6.07 Å². The normalized spacial score (nSPS) is 14.1. The molecule has 0 saturated heterocycles. The first-order valence-corrected chi connectivity index (χ1v) is 2.81. The van der Waals surface area contributed by atoms with Crippen molar-refractivity contribution >= 4 is 5.97 Å². The molecule has 0 aliphatic carbocycles. The predicted molar refractivity (Wildman–Crippen MR) is 36.1 cm³/mol. The van der Waals surface area contributed by atoms with E-state index in [1.165, 1.54) is 12.3 Å². The van der Waals surface area contributed by atoms with E-state index in [4.69, 9.17) is 10.4 Å². The van der Waals surface area contributed by atoms with Gasteiger partial charge >= 0.3 is 5.97 Å². The summed E-state index contributed by atoms with van der Waals surface area (Å²) >= 11 is 0. The van der Waals surface area contributed by atoms with E-state index in [0.717, 1.165) is 0 Å². The fourth-order valence-corrected chi connectivity index (χ4v) is 0.607. The molecule has 0 spiro atoms. The molecule has 4 heteroatoms. The average molecular weight is 148 g/mol. The van der Waals surface area contributed by atoms with Gasteiger partial charge in [-0.25, -0.2) is 4.79 Å².